The maximum absolute atomic E-state index is 13.8. The number of rotatable bonds is 5. The predicted molar refractivity (Wildman–Crippen MR) is 113 cm³/mol. The first kappa shape index (κ1) is 23.1. The van der Waals surface area contributed by atoms with Crippen molar-refractivity contribution in [2.45, 2.75) is 39.3 Å². The quantitative estimate of drug-likeness (QED) is 0.393. The molecular weight excluding hydrogens is 464 g/mol. The van der Waals surface area contributed by atoms with E-state index in [1.807, 2.05) is 38.8 Å². The molecule has 0 atom stereocenters. The van der Waals surface area contributed by atoms with Crippen molar-refractivity contribution in [1.82, 2.24) is 20.4 Å². The maximum Gasteiger partial charge on any atom is 0.232 e. The summed E-state index contributed by atoms with van der Waals surface area (Å²) >= 11 is 0. The van der Waals surface area contributed by atoms with Gasteiger partial charge in [0.1, 0.15) is 0 Å². The Kier molecular flexibility index (Phi) is 8.45. The van der Waals surface area contributed by atoms with E-state index in [1.54, 1.807) is 13.1 Å². The van der Waals surface area contributed by atoms with Gasteiger partial charge < -0.3 is 19.5 Å². The van der Waals surface area contributed by atoms with Gasteiger partial charge in [-0.25, -0.2) is 4.39 Å². The third-order valence-electron chi connectivity index (χ3n) is 3.72. The van der Waals surface area contributed by atoms with Gasteiger partial charge in [0.25, 0.3) is 0 Å². The number of nitrogens with zero attached hydrogens (tertiary/aromatic N) is 4. The van der Waals surface area contributed by atoms with E-state index in [0.29, 0.717) is 30.8 Å². The monoisotopic (exact) mass is 491 g/mol. The Morgan fingerprint density at radius 1 is 1.37 bits per heavy atom. The summed E-state index contributed by atoms with van der Waals surface area (Å²) in [6.45, 7) is 6.91. The second-order valence-corrected chi connectivity index (χ2v) is 6.99. The van der Waals surface area contributed by atoms with Crippen LogP contribution in [0.25, 0.3) is 0 Å². The second-order valence-electron chi connectivity index (χ2n) is 6.99. The zero-order valence-corrected chi connectivity index (χ0v) is 18.9. The third kappa shape index (κ3) is 6.33. The summed E-state index contributed by atoms with van der Waals surface area (Å²) in [5.74, 6) is 1.63. The van der Waals surface area contributed by atoms with Crippen molar-refractivity contribution in [3.8, 4) is 5.75 Å². The molecule has 0 aliphatic heterocycles. The Bertz CT molecular complexity index is 773. The van der Waals surface area contributed by atoms with E-state index in [9.17, 15) is 4.39 Å². The van der Waals surface area contributed by atoms with Crippen LogP contribution in [0.4, 0.5) is 4.39 Å². The average Bonchev–Trinajstić information content (AvgIpc) is 3.05. The second kappa shape index (κ2) is 9.86. The summed E-state index contributed by atoms with van der Waals surface area (Å²) in [5.41, 5.74) is 0.616. The standard InChI is InChI=1S/C18H26FN5O2.HI/c1-18(2,3)16-22-15(23-26-16)10-21-17(20-4)24(5)11-12-7-8-14(25-6)13(19)9-12;/h7-9H,10-11H2,1-6H3,(H,20,21);1H. The smallest absolute Gasteiger partial charge is 0.232 e. The molecule has 0 unspecified atom stereocenters. The molecule has 0 saturated heterocycles. The van der Waals surface area contributed by atoms with Crippen molar-refractivity contribution in [3.05, 3.63) is 41.3 Å². The zero-order chi connectivity index (χ0) is 19.3. The minimum atomic E-state index is -0.386. The molecule has 2 aromatic rings. The summed E-state index contributed by atoms with van der Waals surface area (Å²) < 4.78 is 24.1. The SMILES string of the molecule is CN=C(NCc1noc(C(C)(C)C)n1)N(C)Cc1ccc(OC)c(F)c1.I. The highest BCUT2D eigenvalue weighted by Gasteiger charge is 2.21. The summed E-state index contributed by atoms with van der Waals surface area (Å²) in [6.07, 6.45) is 0. The molecule has 150 valence electrons. The maximum atomic E-state index is 13.8. The number of hydrogen-bond donors (Lipinski definition) is 1. The van der Waals surface area contributed by atoms with E-state index in [0.717, 1.165) is 5.56 Å². The molecule has 0 bridgehead atoms. The molecule has 0 spiro atoms. The molecular formula is C18H27FIN5O2. The summed E-state index contributed by atoms with van der Waals surface area (Å²) in [5, 5.41) is 7.16. The van der Waals surface area contributed by atoms with Gasteiger partial charge in [-0.2, -0.15) is 4.98 Å². The predicted octanol–water partition coefficient (Wildman–Crippen LogP) is 3.34. The van der Waals surface area contributed by atoms with Crippen LogP contribution < -0.4 is 10.1 Å². The van der Waals surface area contributed by atoms with Gasteiger partial charge in [-0.1, -0.05) is 32.0 Å². The Balaban J connectivity index is 0.00000364. The molecule has 1 heterocycles. The van der Waals surface area contributed by atoms with E-state index < -0.39 is 0 Å². The van der Waals surface area contributed by atoms with Crippen LogP contribution in [0.3, 0.4) is 0 Å². The van der Waals surface area contributed by atoms with Crippen LogP contribution in [0.2, 0.25) is 0 Å². The normalized spacial score (nSPS) is 11.7. The third-order valence-corrected chi connectivity index (χ3v) is 3.72. The lowest BCUT2D eigenvalue weighted by Gasteiger charge is -2.21. The van der Waals surface area contributed by atoms with Crippen LogP contribution >= 0.6 is 24.0 Å². The lowest BCUT2D eigenvalue weighted by molar-refractivity contribution is 0.318. The van der Waals surface area contributed by atoms with Gasteiger partial charge in [-0.3, -0.25) is 4.99 Å². The van der Waals surface area contributed by atoms with E-state index >= 15 is 0 Å². The fraction of sp³-hybridized carbons (Fsp3) is 0.500. The van der Waals surface area contributed by atoms with Crippen LogP contribution in [0, 0.1) is 5.82 Å². The van der Waals surface area contributed by atoms with Crippen molar-refractivity contribution in [2.75, 3.05) is 21.2 Å². The van der Waals surface area contributed by atoms with Gasteiger partial charge in [0.15, 0.2) is 23.4 Å². The Morgan fingerprint density at radius 2 is 2.07 bits per heavy atom. The van der Waals surface area contributed by atoms with Crippen molar-refractivity contribution in [3.63, 3.8) is 0 Å². The first-order chi connectivity index (χ1) is 12.2. The molecule has 1 aromatic heterocycles. The molecule has 7 nitrogen and oxygen atoms in total. The number of benzene rings is 1. The van der Waals surface area contributed by atoms with E-state index in [4.69, 9.17) is 9.26 Å². The highest BCUT2D eigenvalue weighted by Crippen LogP contribution is 2.20. The fourth-order valence-electron chi connectivity index (χ4n) is 2.33. The van der Waals surface area contributed by atoms with Gasteiger partial charge in [-0.05, 0) is 17.7 Å². The number of aliphatic imine (C=N–C) groups is 1. The van der Waals surface area contributed by atoms with Crippen molar-refractivity contribution < 1.29 is 13.7 Å². The first-order valence-corrected chi connectivity index (χ1v) is 8.32. The number of methoxy groups -OCH3 is 1. The lowest BCUT2D eigenvalue weighted by Crippen LogP contribution is -2.38. The number of ether oxygens (including phenoxy) is 1. The Labute approximate surface area is 176 Å². The summed E-state index contributed by atoms with van der Waals surface area (Å²) in [6, 6.07) is 4.89. The van der Waals surface area contributed by atoms with Crippen molar-refractivity contribution in [1.29, 1.82) is 0 Å². The number of nitrogens with one attached hydrogen (secondary N) is 1. The molecule has 1 N–H and O–H groups in total. The molecule has 0 saturated carbocycles. The number of hydrogen-bond acceptors (Lipinski definition) is 5. The van der Waals surface area contributed by atoms with Crippen LogP contribution in [0.5, 0.6) is 5.75 Å². The molecule has 2 rings (SSSR count). The zero-order valence-electron chi connectivity index (χ0n) is 16.5. The van der Waals surface area contributed by atoms with E-state index in [-0.39, 0.29) is 41.0 Å². The number of aromatic nitrogens is 2. The largest absolute Gasteiger partial charge is 0.494 e. The first-order valence-electron chi connectivity index (χ1n) is 8.32. The Morgan fingerprint density at radius 3 is 2.59 bits per heavy atom. The van der Waals surface area contributed by atoms with Crippen LogP contribution in [-0.4, -0.2) is 42.2 Å². The summed E-state index contributed by atoms with van der Waals surface area (Å²) in [4.78, 5) is 10.5. The highest BCUT2D eigenvalue weighted by atomic mass is 127. The molecule has 0 fully saturated rings. The van der Waals surface area contributed by atoms with Crippen LogP contribution in [0.15, 0.2) is 27.7 Å². The lowest BCUT2D eigenvalue weighted by atomic mass is 9.97. The fourth-order valence-corrected chi connectivity index (χ4v) is 2.33. The van der Waals surface area contributed by atoms with Crippen LogP contribution in [0.1, 0.15) is 38.0 Å². The molecule has 0 aliphatic carbocycles. The van der Waals surface area contributed by atoms with Gasteiger partial charge in [0.2, 0.25) is 5.89 Å². The van der Waals surface area contributed by atoms with Gasteiger partial charge in [0, 0.05) is 26.1 Å². The molecule has 1 aromatic carbocycles. The minimum absolute atomic E-state index is 0. The topological polar surface area (TPSA) is 75.8 Å². The average molecular weight is 491 g/mol. The molecule has 9 heteroatoms. The molecule has 0 aliphatic rings. The van der Waals surface area contributed by atoms with E-state index in [2.05, 4.69) is 20.4 Å². The van der Waals surface area contributed by atoms with Crippen molar-refractivity contribution >= 4 is 29.9 Å². The van der Waals surface area contributed by atoms with Gasteiger partial charge in [0.05, 0.1) is 13.7 Å². The van der Waals surface area contributed by atoms with Crippen molar-refractivity contribution in [2.24, 2.45) is 4.99 Å². The number of halogens is 2. The highest BCUT2D eigenvalue weighted by molar-refractivity contribution is 14.0. The minimum Gasteiger partial charge on any atom is -0.494 e. The van der Waals surface area contributed by atoms with Gasteiger partial charge >= 0.3 is 0 Å². The van der Waals surface area contributed by atoms with Crippen LogP contribution in [-0.2, 0) is 18.5 Å². The summed E-state index contributed by atoms with van der Waals surface area (Å²) in [7, 11) is 5.00. The Hall–Kier alpha value is -1.91. The van der Waals surface area contributed by atoms with Gasteiger partial charge in [-0.15, -0.1) is 24.0 Å². The molecule has 0 amide bonds. The molecule has 27 heavy (non-hydrogen) atoms. The van der Waals surface area contributed by atoms with E-state index in [1.165, 1.54) is 13.2 Å². The number of guanidine groups is 1. The molecule has 0 radical (unpaired) electrons.